The molecule has 0 bridgehead atoms. The molecule has 0 spiro atoms. The van der Waals surface area contributed by atoms with Crippen molar-refractivity contribution >= 4 is 17.2 Å². The Kier molecular flexibility index (Phi) is 4.57. The standard InChI is InChI=1S/C15H17N3O2S/c19-15(14-2-1-9-21-14)18-7-8-20-11-13(18)4-3-12-10-16-5-6-17-12/h1-2,5-6,9-10,13H,3-4,7-8,11H2/t13-/m1/s1. The van der Waals surface area contributed by atoms with E-state index in [1.165, 1.54) is 11.3 Å². The number of amides is 1. The fourth-order valence-electron chi connectivity index (χ4n) is 2.48. The van der Waals surface area contributed by atoms with Gasteiger partial charge >= 0.3 is 0 Å². The molecule has 1 aliphatic rings. The summed E-state index contributed by atoms with van der Waals surface area (Å²) in [5.41, 5.74) is 0.951. The molecule has 3 heterocycles. The van der Waals surface area contributed by atoms with E-state index in [4.69, 9.17) is 4.74 Å². The van der Waals surface area contributed by atoms with Gasteiger partial charge in [0.2, 0.25) is 0 Å². The number of carbonyl (C=O) groups excluding carboxylic acids is 1. The summed E-state index contributed by atoms with van der Waals surface area (Å²) in [6.45, 7) is 1.86. The molecule has 1 saturated heterocycles. The van der Waals surface area contributed by atoms with Crippen LogP contribution in [0.15, 0.2) is 36.1 Å². The molecule has 6 heteroatoms. The van der Waals surface area contributed by atoms with E-state index in [0.29, 0.717) is 19.8 Å². The van der Waals surface area contributed by atoms with Crippen LogP contribution in [0.3, 0.4) is 0 Å². The Balaban J connectivity index is 1.65. The highest BCUT2D eigenvalue weighted by atomic mass is 32.1. The van der Waals surface area contributed by atoms with E-state index >= 15 is 0 Å². The molecule has 1 amide bonds. The Bertz CT molecular complexity index is 574. The molecule has 110 valence electrons. The first kappa shape index (κ1) is 14.2. The predicted molar refractivity (Wildman–Crippen MR) is 80.3 cm³/mol. The zero-order valence-corrected chi connectivity index (χ0v) is 12.5. The summed E-state index contributed by atoms with van der Waals surface area (Å²) in [6.07, 6.45) is 6.78. The first-order valence-corrected chi connectivity index (χ1v) is 7.89. The van der Waals surface area contributed by atoms with Crippen molar-refractivity contribution < 1.29 is 9.53 Å². The van der Waals surface area contributed by atoms with Crippen LogP contribution in [0.5, 0.6) is 0 Å². The minimum atomic E-state index is 0.107. The second-order valence-electron chi connectivity index (χ2n) is 4.94. The Morgan fingerprint density at radius 2 is 2.43 bits per heavy atom. The van der Waals surface area contributed by atoms with Gasteiger partial charge in [0.05, 0.1) is 29.8 Å². The van der Waals surface area contributed by atoms with E-state index in [-0.39, 0.29) is 11.9 Å². The van der Waals surface area contributed by atoms with Gasteiger partial charge in [0.25, 0.3) is 5.91 Å². The van der Waals surface area contributed by atoms with Crippen LogP contribution in [0, 0.1) is 0 Å². The lowest BCUT2D eigenvalue weighted by atomic mass is 10.1. The molecule has 0 N–H and O–H groups in total. The molecule has 0 radical (unpaired) electrons. The maximum atomic E-state index is 12.5. The summed E-state index contributed by atoms with van der Waals surface area (Å²) in [4.78, 5) is 23.6. The number of nitrogens with zero attached hydrogens (tertiary/aromatic N) is 3. The van der Waals surface area contributed by atoms with Gasteiger partial charge in [-0.15, -0.1) is 11.3 Å². The van der Waals surface area contributed by atoms with E-state index in [9.17, 15) is 4.79 Å². The molecule has 21 heavy (non-hydrogen) atoms. The number of morpholine rings is 1. The minimum absolute atomic E-state index is 0.107. The summed E-state index contributed by atoms with van der Waals surface area (Å²) in [5.74, 6) is 0.109. The highest BCUT2D eigenvalue weighted by Gasteiger charge is 2.28. The van der Waals surface area contributed by atoms with Gasteiger partial charge < -0.3 is 9.64 Å². The monoisotopic (exact) mass is 303 g/mol. The molecule has 0 aromatic carbocycles. The van der Waals surface area contributed by atoms with Crippen LogP contribution in [-0.4, -0.2) is 46.6 Å². The molecule has 1 aliphatic heterocycles. The van der Waals surface area contributed by atoms with Gasteiger partial charge in [-0.05, 0) is 24.3 Å². The SMILES string of the molecule is O=C(c1cccs1)N1CCOC[C@H]1CCc1cnccn1. The Hall–Kier alpha value is -1.79. The third-order valence-electron chi connectivity index (χ3n) is 3.57. The number of carbonyl (C=O) groups is 1. The summed E-state index contributed by atoms with van der Waals surface area (Å²) in [7, 11) is 0. The van der Waals surface area contributed by atoms with Crippen LogP contribution in [0.25, 0.3) is 0 Å². The molecule has 1 atom stereocenters. The maximum absolute atomic E-state index is 12.5. The van der Waals surface area contributed by atoms with E-state index in [1.807, 2.05) is 22.4 Å². The number of thiophene rings is 1. The van der Waals surface area contributed by atoms with Crippen LogP contribution in [0.2, 0.25) is 0 Å². The van der Waals surface area contributed by atoms with Crippen molar-refractivity contribution in [1.29, 1.82) is 0 Å². The highest BCUT2D eigenvalue weighted by molar-refractivity contribution is 7.12. The Labute approximate surface area is 127 Å². The number of hydrogen-bond donors (Lipinski definition) is 0. The smallest absolute Gasteiger partial charge is 0.264 e. The van der Waals surface area contributed by atoms with Crippen molar-refractivity contribution in [2.45, 2.75) is 18.9 Å². The second-order valence-corrected chi connectivity index (χ2v) is 5.89. The summed E-state index contributed by atoms with van der Waals surface area (Å²) in [5, 5.41) is 1.93. The quantitative estimate of drug-likeness (QED) is 0.867. The lowest BCUT2D eigenvalue weighted by molar-refractivity contribution is -0.00387. The third-order valence-corrected chi connectivity index (χ3v) is 4.43. The second kappa shape index (κ2) is 6.78. The Morgan fingerprint density at radius 3 is 3.19 bits per heavy atom. The first-order valence-electron chi connectivity index (χ1n) is 7.01. The lowest BCUT2D eigenvalue weighted by Gasteiger charge is -2.35. The van der Waals surface area contributed by atoms with Crippen LogP contribution in [0.1, 0.15) is 21.8 Å². The molecule has 0 aliphatic carbocycles. The van der Waals surface area contributed by atoms with Crippen molar-refractivity contribution in [3.63, 3.8) is 0 Å². The third kappa shape index (κ3) is 3.46. The van der Waals surface area contributed by atoms with Crippen molar-refractivity contribution in [3.05, 3.63) is 46.7 Å². The minimum Gasteiger partial charge on any atom is -0.377 e. The van der Waals surface area contributed by atoms with E-state index in [2.05, 4.69) is 9.97 Å². The van der Waals surface area contributed by atoms with Crippen molar-refractivity contribution in [2.75, 3.05) is 19.8 Å². The lowest BCUT2D eigenvalue weighted by Crippen LogP contribution is -2.48. The average Bonchev–Trinajstić information content (AvgIpc) is 3.08. The molecular weight excluding hydrogens is 286 g/mol. The molecule has 0 saturated carbocycles. The molecule has 3 rings (SSSR count). The van der Waals surface area contributed by atoms with Crippen molar-refractivity contribution in [1.82, 2.24) is 14.9 Å². The van der Waals surface area contributed by atoms with E-state index in [0.717, 1.165) is 23.4 Å². The first-order chi connectivity index (χ1) is 10.3. The van der Waals surface area contributed by atoms with Gasteiger partial charge in [-0.1, -0.05) is 6.07 Å². The van der Waals surface area contributed by atoms with Gasteiger partial charge in [-0.25, -0.2) is 0 Å². The molecule has 1 fully saturated rings. The zero-order valence-electron chi connectivity index (χ0n) is 11.6. The molecular formula is C15H17N3O2S. The predicted octanol–water partition coefficient (Wildman–Crippen LogP) is 2.01. The number of rotatable bonds is 4. The fourth-order valence-corrected chi connectivity index (χ4v) is 3.16. The van der Waals surface area contributed by atoms with Gasteiger partial charge in [0, 0.05) is 25.1 Å². The highest BCUT2D eigenvalue weighted by Crippen LogP contribution is 2.19. The van der Waals surface area contributed by atoms with Crippen LogP contribution >= 0.6 is 11.3 Å². The zero-order chi connectivity index (χ0) is 14.5. The molecule has 5 nitrogen and oxygen atoms in total. The average molecular weight is 303 g/mol. The van der Waals surface area contributed by atoms with Gasteiger partial charge in [-0.2, -0.15) is 0 Å². The molecule has 2 aromatic heterocycles. The van der Waals surface area contributed by atoms with Crippen LogP contribution < -0.4 is 0 Å². The summed E-state index contributed by atoms with van der Waals surface area (Å²) < 4.78 is 5.54. The topological polar surface area (TPSA) is 55.3 Å². The molecule has 2 aromatic rings. The molecule has 0 unspecified atom stereocenters. The largest absolute Gasteiger partial charge is 0.377 e. The summed E-state index contributed by atoms with van der Waals surface area (Å²) >= 11 is 1.49. The van der Waals surface area contributed by atoms with E-state index < -0.39 is 0 Å². The fraction of sp³-hybridized carbons (Fsp3) is 0.400. The number of aromatic nitrogens is 2. The number of ether oxygens (including phenoxy) is 1. The number of aryl methyl sites for hydroxylation is 1. The summed E-state index contributed by atoms with van der Waals surface area (Å²) in [6, 6.07) is 3.89. The Morgan fingerprint density at radius 1 is 1.48 bits per heavy atom. The van der Waals surface area contributed by atoms with Gasteiger partial charge in [0.15, 0.2) is 0 Å². The van der Waals surface area contributed by atoms with E-state index in [1.54, 1.807) is 18.6 Å². The number of hydrogen-bond acceptors (Lipinski definition) is 5. The van der Waals surface area contributed by atoms with Crippen molar-refractivity contribution in [3.8, 4) is 0 Å². The van der Waals surface area contributed by atoms with Gasteiger partial charge in [-0.3, -0.25) is 14.8 Å². The normalized spacial score (nSPS) is 18.7. The van der Waals surface area contributed by atoms with Crippen LogP contribution in [0.4, 0.5) is 0 Å². The van der Waals surface area contributed by atoms with Crippen LogP contribution in [-0.2, 0) is 11.2 Å². The van der Waals surface area contributed by atoms with Crippen molar-refractivity contribution in [2.24, 2.45) is 0 Å². The maximum Gasteiger partial charge on any atom is 0.264 e. The van der Waals surface area contributed by atoms with Gasteiger partial charge in [0.1, 0.15) is 0 Å².